The van der Waals surface area contributed by atoms with Crippen LogP contribution in [0.25, 0.3) is 44.7 Å². The summed E-state index contributed by atoms with van der Waals surface area (Å²) in [4.78, 5) is 43.0. The Balaban J connectivity index is 1.56. The van der Waals surface area contributed by atoms with Gasteiger partial charge in [0.25, 0.3) is 5.91 Å². The normalized spacial score (nSPS) is 11.3. The molecule has 176 valence electrons. The van der Waals surface area contributed by atoms with Crippen molar-refractivity contribution in [3.63, 3.8) is 0 Å². The number of carbonyl (C=O) groups excluding carboxylic acids is 2. The average Bonchev–Trinajstić information content (AvgIpc) is 3.47. The number of nitrogens with one attached hydrogen (secondary N) is 3. The third-order valence-electron chi connectivity index (χ3n) is 5.66. The molecule has 0 atom stereocenters. The van der Waals surface area contributed by atoms with Gasteiger partial charge in [0.05, 0.1) is 28.4 Å². The second kappa shape index (κ2) is 8.64. The van der Waals surface area contributed by atoms with E-state index in [4.69, 9.17) is 4.98 Å². The number of benzene rings is 1. The molecule has 0 fully saturated rings. The van der Waals surface area contributed by atoms with Crippen molar-refractivity contribution >= 4 is 39.6 Å². The lowest BCUT2D eigenvalue weighted by atomic mass is 10.1. The first-order chi connectivity index (χ1) is 16.8. The van der Waals surface area contributed by atoms with Crippen molar-refractivity contribution in [1.29, 1.82) is 0 Å². The van der Waals surface area contributed by atoms with Crippen molar-refractivity contribution in [3.8, 4) is 22.6 Å². The highest BCUT2D eigenvalue weighted by molar-refractivity contribution is 6.05. The van der Waals surface area contributed by atoms with E-state index >= 15 is 0 Å². The maximum Gasteiger partial charge on any atom is 0.255 e. The van der Waals surface area contributed by atoms with Gasteiger partial charge in [0.2, 0.25) is 5.91 Å². The zero-order valence-electron chi connectivity index (χ0n) is 19.7. The zero-order valence-corrected chi connectivity index (χ0v) is 19.7. The second-order valence-electron chi connectivity index (χ2n) is 8.79. The van der Waals surface area contributed by atoms with E-state index in [9.17, 15) is 9.59 Å². The third-order valence-corrected chi connectivity index (χ3v) is 5.66. The molecule has 0 radical (unpaired) electrons. The van der Waals surface area contributed by atoms with Crippen LogP contribution < -0.4 is 5.32 Å². The van der Waals surface area contributed by atoms with Crippen LogP contribution >= 0.6 is 0 Å². The summed E-state index contributed by atoms with van der Waals surface area (Å²) in [5.41, 5.74) is 5.28. The molecule has 0 saturated carbocycles. The number of H-pyrrole nitrogens is 2. The molecule has 35 heavy (non-hydrogen) atoms. The quantitative estimate of drug-likeness (QED) is 0.359. The van der Waals surface area contributed by atoms with E-state index in [1.54, 1.807) is 38.8 Å². The number of rotatable bonds is 5. The average molecular weight is 469 g/mol. The number of pyridine rings is 2. The molecule has 5 rings (SSSR count). The van der Waals surface area contributed by atoms with E-state index in [-0.39, 0.29) is 17.7 Å². The Bertz CT molecular complexity index is 1580. The fourth-order valence-electron chi connectivity index (χ4n) is 3.75. The topological polar surface area (TPSA) is 133 Å². The molecule has 0 saturated heterocycles. The van der Waals surface area contributed by atoms with Crippen LogP contribution in [0, 0.1) is 5.92 Å². The Morgan fingerprint density at radius 3 is 2.63 bits per heavy atom. The Kier molecular flexibility index (Phi) is 5.48. The van der Waals surface area contributed by atoms with E-state index in [0.29, 0.717) is 33.9 Å². The molecule has 2 amide bonds. The molecular weight excluding hydrogens is 444 g/mol. The van der Waals surface area contributed by atoms with Gasteiger partial charge in [0.1, 0.15) is 11.2 Å². The number of para-hydroxylation sites is 1. The number of nitrogens with zero attached hydrogens (tertiary/aromatic N) is 5. The molecule has 10 heteroatoms. The minimum atomic E-state index is -0.137. The van der Waals surface area contributed by atoms with Crippen molar-refractivity contribution in [2.75, 3.05) is 19.4 Å². The predicted octanol–water partition coefficient (Wildman–Crippen LogP) is 3.86. The first kappa shape index (κ1) is 22.2. The van der Waals surface area contributed by atoms with Gasteiger partial charge in [-0.05, 0) is 24.3 Å². The molecule has 10 nitrogen and oxygen atoms in total. The molecule has 4 aromatic heterocycles. The van der Waals surface area contributed by atoms with E-state index < -0.39 is 0 Å². The molecule has 3 N–H and O–H groups in total. The molecule has 0 unspecified atom stereocenters. The summed E-state index contributed by atoms with van der Waals surface area (Å²) < 4.78 is 0. The fourth-order valence-corrected chi connectivity index (χ4v) is 3.75. The number of aromatic amines is 2. The summed E-state index contributed by atoms with van der Waals surface area (Å²) in [6.07, 6.45) is 5.04. The van der Waals surface area contributed by atoms with Crippen molar-refractivity contribution in [1.82, 2.24) is 35.0 Å². The van der Waals surface area contributed by atoms with Crippen molar-refractivity contribution < 1.29 is 9.59 Å². The number of hydrogen-bond acceptors (Lipinski definition) is 6. The molecule has 0 aliphatic carbocycles. The van der Waals surface area contributed by atoms with Crippen LogP contribution in [-0.2, 0) is 4.79 Å². The van der Waals surface area contributed by atoms with Crippen LogP contribution in [0.15, 0.2) is 48.9 Å². The predicted molar refractivity (Wildman–Crippen MR) is 134 cm³/mol. The molecule has 4 heterocycles. The highest BCUT2D eigenvalue weighted by atomic mass is 16.2. The standard InChI is InChI=1S/C25H24N8O2/c1-13(2)24(34)28-16-8-14(10-26-12-16)15-9-18-21(31-32-22(18)27-11-15)23-29-19-7-5-6-17(20(19)30-23)25(35)33(3)4/h5-13H,1-4H3,(H,28,34)(H,29,30)(H,27,31,32). The number of aromatic nitrogens is 6. The summed E-state index contributed by atoms with van der Waals surface area (Å²) in [5.74, 6) is 0.217. The van der Waals surface area contributed by atoms with Gasteiger partial charge in [0.15, 0.2) is 11.5 Å². The monoisotopic (exact) mass is 468 g/mol. The maximum atomic E-state index is 12.6. The van der Waals surface area contributed by atoms with Gasteiger partial charge < -0.3 is 15.2 Å². The Morgan fingerprint density at radius 2 is 1.86 bits per heavy atom. The van der Waals surface area contributed by atoms with E-state index in [1.807, 2.05) is 38.1 Å². The molecule has 0 aliphatic rings. The van der Waals surface area contributed by atoms with Crippen molar-refractivity contribution in [2.45, 2.75) is 13.8 Å². The van der Waals surface area contributed by atoms with Crippen molar-refractivity contribution in [2.24, 2.45) is 5.92 Å². The van der Waals surface area contributed by atoms with Gasteiger partial charge in [0, 0.05) is 43.5 Å². The highest BCUT2D eigenvalue weighted by Gasteiger charge is 2.19. The first-order valence-electron chi connectivity index (χ1n) is 11.1. The van der Waals surface area contributed by atoms with E-state index in [0.717, 1.165) is 22.0 Å². The molecule has 0 aliphatic heterocycles. The van der Waals surface area contributed by atoms with Crippen LogP contribution in [0.1, 0.15) is 24.2 Å². The minimum absolute atomic E-state index is 0.0772. The second-order valence-corrected chi connectivity index (χ2v) is 8.79. The van der Waals surface area contributed by atoms with Crippen LogP contribution in [0.4, 0.5) is 5.69 Å². The number of imidazole rings is 1. The first-order valence-corrected chi connectivity index (χ1v) is 11.1. The van der Waals surface area contributed by atoms with Gasteiger partial charge in [-0.2, -0.15) is 5.10 Å². The summed E-state index contributed by atoms with van der Waals surface area (Å²) in [5, 5.41) is 11.0. The minimum Gasteiger partial charge on any atom is -0.345 e. The third kappa shape index (κ3) is 4.10. The number of anilines is 1. The molecule has 0 spiro atoms. The number of carbonyl (C=O) groups is 2. The smallest absolute Gasteiger partial charge is 0.255 e. The van der Waals surface area contributed by atoms with Crippen molar-refractivity contribution in [3.05, 3.63) is 54.5 Å². The van der Waals surface area contributed by atoms with Crippen LogP contribution in [0.2, 0.25) is 0 Å². The van der Waals surface area contributed by atoms with Crippen LogP contribution in [0.3, 0.4) is 0 Å². The summed E-state index contributed by atoms with van der Waals surface area (Å²) in [6.45, 7) is 3.67. The molecule has 0 bridgehead atoms. The van der Waals surface area contributed by atoms with E-state index in [1.165, 1.54) is 4.90 Å². The summed E-state index contributed by atoms with van der Waals surface area (Å²) in [7, 11) is 3.42. The maximum absolute atomic E-state index is 12.6. The molecule has 1 aromatic carbocycles. The van der Waals surface area contributed by atoms with Gasteiger partial charge in [-0.1, -0.05) is 19.9 Å². The number of hydrogen-bond donors (Lipinski definition) is 3. The van der Waals surface area contributed by atoms with Gasteiger partial charge in [-0.25, -0.2) is 9.97 Å². The zero-order chi connectivity index (χ0) is 24.7. The summed E-state index contributed by atoms with van der Waals surface area (Å²) in [6, 6.07) is 9.27. The lowest BCUT2D eigenvalue weighted by Crippen LogP contribution is -2.21. The van der Waals surface area contributed by atoms with Crippen LogP contribution in [-0.4, -0.2) is 60.9 Å². The Hall–Kier alpha value is -4.60. The summed E-state index contributed by atoms with van der Waals surface area (Å²) >= 11 is 0. The number of amides is 2. The molecule has 5 aromatic rings. The Morgan fingerprint density at radius 1 is 1.06 bits per heavy atom. The Labute approximate surface area is 200 Å². The lowest BCUT2D eigenvalue weighted by molar-refractivity contribution is -0.118. The van der Waals surface area contributed by atoms with E-state index in [2.05, 4.69) is 30.5 Å². The van der Waals surface area contributed by atoms with Crippen LogP contribution in [0.5, 0.6) is 0 Å². The molecular formula is C25H24N8O2. The van der Waals surface area contributed by atoms with Gasteiger partial charge in [-0.3, -0.25) is 19.7 Å². The lowest BCUT2D eigenvalue weighted by Gasteiger charge is -2.09. The van der Waals surface area contributed by atoms with Gasteiger partial charge in [-0.15, -0.1) is 0 Å². The fraction of sp³-hybridized carbons (Fsp3) is 0.200. The largest absolute Gasteiger partial charge is 0.345 e. The van der Waals surface area contributed by atoms with Gasteiger partial charge >= 0.3 is 0 Å². The number of fused-ring (bicyclic) bond motifs is 2. The highest BCUT2D eigenvalue weighted by Crippen LogP contribution is 2.30. The SMILES string of the molecule is CC(C)C(=O)Nc1cncc(-c2cnc3n[nH]c(-c4nc5c(C(=O)N(C)C)cccc5[nH]4)c3c2)c1.